The molecule has 0 saturated carbocycles. The van der Waals surface area contributed by atoms with E-state index in [-0.39, 0.29) is 11.3 Å². The number of carbonyl (C=O) groups is 1. The van der Waals surface area contributed by atoms with Crippen molar-refractivity contribution >= 4 is 27.7 Å². The Labute approximate surface area is 202 Å². The molecule has 4 nitrogen and oxygen atoms in total. The van der Waals surface area contributed by atoms with Crippen molar-refractivity contribution in [3.05, 3.63) is 83.4 Å². The molecule has 1 spiro atoms. The van der Waals surface area contributed by atoms with Crippen molar-refractivity contribution in [3.63, 3.8) is 0 Å². The Bertz CT molecular complexity index is 1330. The Kier molecular flexibility index (Phi) is 6.18. The highest BCUT2D eigenvalue weighted by Gasteiger charge is 2.45. The fraction of sp³-hybridized carbons (Fsp3) is 0.367. The fourth-order valence-corrected chi connectivity index (χ4v) is 6.00. The minimum atomic E-state index is -0.357. The summed E-state index contributed by atoms with van der Waals surface area (Å²) in [6.07, 6.45) is 1.76. The highest BCUT2D eigenvalue weighted by Crippen LogP contribution is 2.40. The van der Waals surface area contributed by atoms with E-state index in [4.69, 9.17) is 0 Å². The molecule has 2 aliphatic rings. The van der Waals surface area contributed by atoms with Gasteiger partial charge in [0.15, 0.2) is 0 Å². The van der Waals surface area contributed by atoms with Gasteiger partial charge in [-0.25, -0.2) is 0 Å². The molecular weight excluding hydrogens is 418 g/mol. The van der Waals surface area contributed by atoms with Crippen LogP contribution in [0.25, 0.3) is 21.8 Å². The van der Waals surface area contributed by atoms with E-state index in [1.807, 2.05) is 13.8 Å². The first kappa shape index (κ1) is 22.7. The van der Waals surface area contributed by atoms with Crippen molar-refractivity contribution in [3.8, 4) is 0 Å². The lowest BCUT2D eigenvalue weighted by Gasteiger charge is -2.44. The molecule has 0 atom stereocenters. The summed E-state index contributed by atoms with van der Waals surface area (Å²) in [7, 11) is 0. The predicted molar refractivity (Wildman–Crippen MR) is 141 cm³/mol. The molecule has 0 unspecified atom stereocenters. The number of hydrogen-bond donors (Lipinski definition) is 1. The van der Waals surface area contributed by atoms with Crippen LogP contribution >= 0.6 is 0 Å². The van der Waals surface area contributed by atoms with Gasteiger partial charge in [0, 0.05) is 41.4 Å². The molecule has 34 heavy (non-hydrogen) atoms. The van der Waals surface area contributed by atoms with Gasteiger partial charge >= 0.3 is 0 Å². The molecule has 1 aromatic heterocycles. The summed E-state index contributed by atoms with van der Waals surface area (Å²) in [6, 6.07) is 24.1. The van der Waals surface area contributed by atoms with Crippen LogP contribution in [0.1, 0.15) is 50.3 Å². The van der Waals surface area contributed by atoms with E-state index in [9.17, 15) is 4.79 Å². The second-order valence-electron chi connectivity index (χ2n) is 9.31. The van der Waals surface area contributed by atoms with Gasteiger partial charge in [0.2, 0.25) is 5.91 Å². The highest BCUT2D eigenvalue weighted by molar-refractivity contribution is 6.08. The highest BCUT2D eigenvalue weighted by atomic mass is 16.2. The van der Waals surface area contributed by atoms with Crippen molar-refractivity contribution in [2.45, 2.75) is 58.7 Å². The average molecular weight is 454 g/mol. The number of nitrogens with zero attached hydrogens (tertiary/aromatic N) is 2. The van der Waals surface area contributed by atoms with Gasteiger partial charge in [-0.15, -0.1) is 0 Å². The van der Waals surface area contributed by atoms with Crippen LogP contribution in [0.4, 0.5) is 0 Å². The molecule has 1 amide bonds. The molecule has 0 radical (unpaired) electrons. The van der Waals surface area contributed by atoms with Crippen molar-refractivity contribution in [2.75, 3.05) is 13.1 Å². The molecule has 4 aromatic rings. The topological polar surface area (TPSA) is 37.3 Å². The third kappa shape index (κ3) is 3.61. The maximum absolute atomic E-state index is 13.0. The third-order valence-corrected chi connectivity index (χ3v) is 7.68. The summed E-state index contributed by atoms with van der Waals surface area (Å²) in [6.45, 7) is 10.7. The Morgan fingerprint density at radius 3 is 2.38 bits per heavy atom. The maximum atomic E-state index is 13.0. The molecular formula is C30H35N3O. The van der Waals surface area contributed by atoms with Crippen LogP contribution in [-0.4, -0.2) is 28.5 Å². The zero-order valence-electron chi connectivity index (χ0n) is 20.6. The first-order valence-electron chi connectivity index (χ1n) is 12.8. The molecule has 0 aliphatic carbocycles. The van der Waals surface area contributed by atoms with Gasteiger partial charge < -0.3 is 9.88 Å². The van der Waals surface area contributed by atoms with Gasteiger partial charge in [-0.2, -0.15) is 0 Å². The fourth-order valence-electron chi connectivity index (χ4n) is 6.00. The Balaban J connectivity index is 0.00000117. The van der Waals surface area contributed by atoms with E-state index in [2.05, 4.69) is 88.4 Å². The monoisotopic (exact) mass is 453 g/mol. The normalized spacial score (nSPS) is 17.3. The van der Waals surface area contributed by atoms with Gasteiger partial charge in [-0.1, -0.05) is 62.4 Å². The molecule has 3 aromatic carbocycles. The van der Waals surface area contributed by atoms with Crippen LogP contribution in [-0.2, 0) is 29.8 Å². The lowest BCUT2D eigenvalue weighted by atomic mass is 9.68. The van der Waals surface area contributed by atoms with E-state index in [1.165, 1.54) is 38.5 Å². The number of fused-ring (bicyclic) bond motifs is 5. The van der Waals surface area contributed by atoms with E-state index >= 15 is 0 Å². The molecule has 3 heterocycles. The standard InChI is InChI=1S/C28H29N3O.C2H6/c1-2-31-25-10-6-4-8-22(25)23-17-20(11-12-26(23)31)19-30-15-13-28(14-16-30)24-9-5-3-7-21(24)18-29-27(28)32;1-2/h3-12,17H,2,13-16,18-19H2,1H3,(H,29,32);1-2H3. The number of aryl methyl sites for hydroxylation is 1. The largest absolute Gasteiger partial charge is 0.351 e. The number of rotatable bonds is 3. The lowest BCUT2D eigenvalue weighted by molar-refractivity contribution is -0.129. The van der Waals surface area contributed by atoms with Crippen LogP contribution in [0.15, 0.2) is 66.7 Å². The quantitative estimate of drug-likeness (QED) is 0.413. The number of likely N-dealkylation sites (tertiary alicyclic amines) is 1. The Morgan fingerprint density at radius 2 is 1.59 bits per heavy atom. The number of aromatic nitrogens is 1. The van der Waals surface area contributed by atoms with Crippen LogP contribution < -0.4 is 5.32 Å². The van der Waals surface area contributed by atoms with Crippen LogP contribution in [0, 0.1) is 0 Å². The summed E-state index contributed by atoms with van der Waals surface area (Å²) in [4.78, 5) is 15.5. The van der Waals surface area contributed by atoms with Crippen molar-refractivity contribution < 1.29 is 4.79 Å². The first-order valence-corrected chi connectivity index (χ1v) is 12.8. The maximum Gasteiger partial charge on any atom is 0.231 e. The SMILES string of the molecule is CC.CCn1c2ccccc2c2cc(CN3CCC4(CC3)C(=O)NCc3ccccc34)ccc21. The Morgan fingerprint density at radius 1 is 0.882 bits per heavy atom. The van der Waals surface area contributed by atoms with Gasteiger partial charge in [0.25, 0.3) is 0 Å². The molecule has 1 N–H and O–H groups in total. The minimum Gasteiger partial charge on any atom is -0.351 e. The second kappa shape index (κ2) is 9.27. The zero-order valence-corrected chi connectivity index (χ0v) is 20.6. The number of nitrogens with one attached hydrogen (secondary N) is 1. The molecule has 176 valence electrons. The molecule has 6 rings (SSSR count). The zero-order chi connectivity index (χ0) is 23.7. The summed E-state index contributed by atoms with van der Waals surface area (Å²) >= 11 is 0. The number of benzene rings is 3. The first-order chi connectivity index (χ1) is 16.7. The molecule has 0 bridgehead atoms. The van der Waals surface area contributed by atoms with Crippen molar-refractivity contribution in [1.82, 2.24) is 14.8 Å². The minimum absolute atomic E-state index is 0.213. The van der Waals surface area contributed by atoms with Gasteiger partial charge in [0.1, 0.15) is 0 Å². The molecule has 1 fully saturated rings. The van der Waals surface area contributed by atoms with E-state index in [1.54, 1.807) is 0 Å². The van der Waals surface area contributed by atoms with Gasteiger partial charge in [-0.3, -0.25) is 9.69 Å². The lowest BCUT2D eigenvalue weighted by Crippen LogP contribution is -2.54. The second-order valence-corrected chi connectivity index (χ2v) is 9.31. The number of para-hydroxylation sites is 1. The summed E-state index contributed by atoms with van der Waals surface area (Å²) in [5, 5.41) is 5.82. The predicted octanol–water partition coefficient (Wildman–Crippen LogP) is 6.00. The van der Waals surface area contributed by atoms with E-state index in [0.29, 0.717) is 6.54 Å². The smallest absolute Gasteiger partial charge is 0.231 e. The molecule has 2 aliphatic heterocycles. The third-order valence-electron chi connectivity index (χ3n) is 7.68. The van der Waals surface area contributed by atoms with Crippen molar-refractivity contribution in [1.29, 1.82) is 0 Å². The number of carbonyl (C=O) groups excluding carboxylic acids is 1. The van der Waals surface area contributed by atoms with Crippen molar-refractivity contribution in [2.24, 2.45) is 0 Å². The average Bonchev–Trinajstić information content (AvgIpc) is 3.22. The molecule has 1 saturated heterocycles. The van der Waals surface area contributed by atoms with E-state index in [0.717, 1.165) is 39.0 Å². The van der Waals surface area contributed by atoms with Crippen LogP contribution in [0.2, 0.25) is 0 Å². The Hall–Kier alpha value is -3.11. The van der Waals surface area contributed by atoms with Crippen LogP contribution in [0.3, 0.4) is 0 Å². The van der Waals surface area contributed by atoms with Gasteiger partial charge in [-0.05, 0) is 67.7 Å². The number of piperidine rings is 1. The number of hydrogen-bond acceptors (Lipinski definition) is 2. The van der Waals surface area contributed by atoms with Crippen LogP contribution in [0.5, 0.6) is 0 Å². The summed E-state index contributed by atoms with van der Waals surface area (Å²) in [5.41, 5.74) is 6.13. The molecule has 4 heteroatoms. The summed E-state index contributed by atoms with van der Waals surface area (Å²) in [5.74, 6) is 0.213. The summed E-state index contributed by atoms with van der Waals surface area (Å²) < 4.78 is 2.40. The van der Waals surface area contributed by atoms with E-state index < -0.39 is 0 Å². The number of amides is 1. The van der Waals surface area contributed by atoms with Gasteiger partial charge in [0.05, 0.1) is 5.41 Å².